The molecular weight excluding hydrogens is 246 g/mol. The highest BCUT2D eigenvalue weighted by atomic mass is 35.5. The van der Waals surface area contributed by atoms with Crippen LogP contribution in [-0.4, -0.2) is 24.6 Å². The minimum Gasteiger partial charge on any atom is -0.360 e. The maximum atomic E-state index is 6.19. The number of unbranched alkanes of at least 4 members (excludes halogenated alkanes) is 1. The zero-order valence-corrected chi connectivity index (χ0v) is 12.0. The van der Waals surface area contributed by atoms with Crippen molar-refractivity contribution in [1.29, 1.82) is 0 Å². The fourth-order valence-corrected chi connectivity index (χ4v) is 2.02. The fraction of sp³-hybridized carbons (Fsp3) is 0.643. The Kier molecular flexibility index (Phi) is 4.84. The van der Waals surface area contributed by atoms with Gasteiger partial charge in [-0.15, -0.1) is 0 Å². The summed E-state index contributed by atoms with van der Waals surface area (Å²) >= 11 is 6.19. The second kappa shape index (κ2) is 6.39. The summed E-state index contributed by atoms with van der Waals surface area (Å²) in [5.74, 6) is 1.01. The van der Waals surface area contributed by atoms with Gasteiger partial charge in [0.1, 0.15) is 5.82 Å². The van der Waals surface area contributed by atoms with Crippen LogP contribution in [0.5, 0.6) is 0 Å². The number of pyridine rings is 1. The van der Waals surface area contributed by atoms with Crippen molar-refractivity contribution >= 4 is 17.4 Å². The van der Waals surface area contributed by atoms with E-state index in [4.69, 9.17) is 11.6 Å². The van der Waals surface area contributed by atoms with Gasteiger partial charge in [-0.3, -0.25) is 0 Å². The van der Waals surface area contributed by atoms with E-state index in [1.807, 2.05) is 12.1 Å². The van der Waals surface area contributed by atoms with Gasteiger partial charge in [-0.1, -0.05) is 24.9 Å². The van der Waals surface area contributed by atoms with Gasteiger partial charge in [0, 0.05) is 26.2 Å². The number of nitrogens with zero attached hydrogens (tertiary/aromatic N) is 2. The van der Waals surface area contributed by atoms with Crippen LogP contribution in [0.15, 0.2) is 12.1 Å². The van der Waals surface area contributed by atoms with Crippen LogP contribution >= 0.6 is 11.6 Å². The van der Waals surface area contributed by atoms with E-state index in [0.717, 1.165) is 29.6 Å². The quantitative estimate of drug-likeness (QED) is 0.822. The molecule has 0 amide bonds. The highest BCUT2D eigenvalue weighted by molar-refractivity contribution is 6.31. The van der Waals surface area contributed by atoms with Crippen molar-refractivity contribution in [2.45, 2.75) is 45.2 Å². The Balaban J connectivity index is 1.99. The van der Waals surface area contributed by atoms with Crippen LogP contribution in [-0.2, 0) is 6.54 Å². The molecule has 0 aliphatic heterocycles. The van der Waals surface area contributed by atoms with Crippen molar-refractivity contribution in [3.05, 3.63) is 22.8 Å². The molecule has 1 N–H and O–H groups in total. The Morgan fingerprint density at radius 2 is 2.22 bits per heavy atom. The van der Waals surface area contributed by atoms with Crippen LogP contribution in [0, 0.1) is 0 Å². The van der Waals surface area contributed by atoms with E-state index in [1.165, 1.54) is 25.7 Å². The summed E-state index contributed by atoms with van der Waals surface area (Å²) in [4.78, 5) is 6.85. The zero-order chi connectivity index (χ0) is 13.0. The molecule has 1 fully saturated rings. The van der Waals surface area contributed by atoms with Crippen LogP contribution in [0.4, 0.5) is 5.82 Å². The highest BCUT2D eigenvalue weighted by Crippen LogP contribution is 2.22. The standard InChI is InChI=1S/C14H22ClN3/c1-3-4-9-18(2)14-8-7-12(15)13(17-14)10-16-11-5-6-11/h7-8,11,16H,3-6,9-10H2,1-2H3. The lowest BCUT2D eigenvalue weighted by Gasteiger charge is -2.19. The van der Waals surface area contributed by atoms with Gasteiger partial charge >= 0.3 is 0 Å². The van der Waals surface area contributed by atoms with E-state index in [1.54, 1.807) is 0 Å². The van der Waals surface area contributed by atoms with Gasteiger partial charge < -0.3 is 10.2 Å². The molecule has 0 saturated heterocycles. The molecule has 1 aromatic rings. The molecule has 1 aromatic heterocycles. The summed E-state index contributed by atoms with van der Waals surface area (Å²) in [6.07, 6.45) is 4.96. The smallest absolute Gasteiger partial charge is 0.128 e. The van der Waals surface area contributed by atoms with Crippen LogP contribution in [0.25, 0.3) is 0 Å². The number of anilines is 1. The number of nitrogens with one attached hydrogen (secondary N) is 1. The third-order valence-corrected chi connectivity index (χ3v) is 3.62. The summed E-state index contributed by atoms with van der Waals surface area (Å²) in [6, 6.07) is 4.64. The number of aromatic nitrogens is 1. The minimum absolute atomic E-state index is 0.685. The lowest BCUT2D eigenvalue weighted by atomic mass is 10.3. The second-order valence-electron chi connectivity index (χ2n) is 5.03. The molecule has 0 bridgehead atoms. The first-order chi connectivity index (χ1) is 8.70. The summed E-state index contributed by atoms with van der Waals surface area (Å²) in [7, 11) is 2.09. The first-order valence-corrected chi connectivity index (χ1v) is 7.18. The molecule has 4 heteroatoms. The first kappa shape index (κ1) is 13.6. The molecule has 1 saturated carbocycles. The van der Waals surface area contributed by atoms with Gasteiger partial charge in [0.15, 0.2) is 0 Å². The number of hydrogen-bond donors (Lipinski definition) is 1. The Hall–Kier alpha value is -0.800. The largest absolute Gasteiger partial charge is 0.360 e. The summed E-state index contributed by atoms with van der Waals surface area (Å²) in [6.45, 7) is 4.02. The van der Waals surface area contributed by atoms with E-state index in [0.29, 0.717) is 6.04 Å². The highest BCUT2D eigenvalue weighted by Gasteiger charge is 2.20. The second-order valence-corrected chi connectivity index (χ2v) is 5.44. The third-order valence-electron chi connectivity index (χ3n) is 3.28. The minimum atomic E-state index is 0.685. The van der Waals surface area contributed by atoms with Gasteiger partial charge in [-0.25, -0.2) is 4.98 Å². The Morgan fingerprint density at radius 1 is 1.44 bits per heavy atom. The molecule has 0 atom stereocenters. The molecule has 1 aliphatic carbocycles. The molecule has 0 radical (unpaired) electrons. The van der Waals surface area contributed by atoms with E-state index in [9.17, 15) is 0 Å². The monoisotopic (exact) mass is 267 g/mol. The van der Waals surface area contributed by atoms with Gasteiger partial charge in [0.05, 0.1) is 10.7 Å². The van der Waals surface area contributed by atoms with E-state index in [2.05, 4.69) is 29.2 Å². The van der Waals surface area contributed by atoms with Crippen LogP contribution in [0.1, 0.15) is 38.3 Å². The molecule has 0 aromatic carbocycles. The maximum absolute atomic E-state index is 6.19. The Morgan fingerprint density at radius 3 is 2.89 bits per heavy atom. The van der Waals surface area contributed by atoms with Crippen molar-refractivity contribution in [2.75, 3.05) is 18.5 Å². The molecule has 1 aliphatic rings. The summed E-state index contributed by atoms with van der Waals surface area (Å²) in [5, 5.41) is 4.22. The van der Waals surface area contributed by atoms with Crippen molar-refractivity contribution in [2.24, 2.45) is 0 Å². The topological polar surface area (TPSA) is 28.2 Å². The molecule has 3 nitrogen and oxygen atoms in total. The normalized spacial score (nSPS) is 14.8. The zero-order valence-electron chi connectivity index (χ0n) is 11.2. The average molecular weight is 268 g/mol. The maximum Gasteiger partial charge on any atom is 0.128 e. The lowest BCUT2D eigenvalue weighted by Crippen LogP contribution is -2.21. The van der Waals surface area contributed by atoms with E-state index >= 15 is 0 Å². The Bertz CT molecular complexity index is 391. The van der Waals surface area contributed by atoms with Gasteiger partial charge in [0.25, 0.3) is 0 Å². The lowest BCUT2D eigenvalue weighted by molar-refractivity contribution is 0.672. The van der Waals surface area contributed by atoms with Crippen molar-refractivity contribution in [1.82, 2.24) is 10.3 Å². The van der Waals surface area contributed by atoms with Crippen LogP contribution < -0.4 is 10.2 Å². The van der Waals surface area contributed by atoms with Crippen LogP contribution in [0.2, 0.25) is 5.02 Å². The number of hydrogen-bond acceptors (Lipinski definition) is 3. The molecule has 1 heterocycles. The van der Waals surface area contributed by atoms with Gasteiger partial charge in [-0.2, -0.15) is 0 Å². The molecule has 18 heavy (non-hydrogen) atoms. The van der Waals surface area contributed by atoms with Crippen molar-refractivity contribution < 1.29 is 0 Å². The van der Waals surface area contributed by atoms with E-state index in [-0.39, 0.29) is 0 Å². The predicted octanol–water partition coefficient (Wildman–Crippen LogP) is 3.22. The molecule has 100 valence electrons. The van der Waals surface area contributed by atoms with Crippen molar-refractivity contribution in [3.63, 3.8) is 0 Å². The van der Waals surface area contributed by atoms with Crippen LogP contribution in [0.3, 0.4) is 0 Å². The predicted molar refractivity (Wildman–Crippen MR) is 77.3 cm³/mol. The SMILES string of the molecule is CCCCN(C)c1ccc(Cl)c(CNC2CC2)n1. The molecular formula is C14H22ClN3. The van der Waals surface area contributed by atoms with Gasteiger partial charge in [0.2, 0.25) is 0 Å². The Labute approximate surface area is 115 Å². The first-order valence-electron chi connectivity index (χ1n) is 6.80. The third kappa shape index (κ3) is 3.85. The molecule has 0 unspecified atom stereocenters. The van der Waals surface area contributed by atoms with Crippen molar-refractivity contribution in [3.8, 4) is 0 Å². The molecule has 2 rings (SSSR count). The van der Waals surface area contributed by atoms with Gasteiger partial charge in [-0.05, 0) is 31.4 Å². The summed E-state index contributed by atoms with van der Waals surface area (Å²) < 4.78 is 0. The fourth-order valence-electron chi connectivity index (χ4n) is 1.85. The average Bonchev–Trinajstić information content (AvgIpc) is 3.19. The number of rotatable bonds is 7. The molecule has 0 spiro atoms. The summed E-state index contributed by atoms with van der Waals surface area (Å²) in [5.41, 5.74) is 0.962. The van der Waals surface area contributed by atoms with E-state index < -0.39 is 0 Å². The number of halogens is 1.